The van der Waals surface area contributed by atoms with E-state index in [4.69, 9.17) is 5.73 Å². The molecule has 0 saturated heterocycles. The van der Waals surface area contributed by atoms with Crippen molar-refractivity contribution in [2.24, 2.45) is 0 Å². The summed E-state index contributed by atoms with van der Waals surface area (Å²) in [6.45, 7) is 0. The molecule has 4 aromatic rings. The van der Waals surface area contributed by atoms with Gasteiger partial charge in [0.2, 0.25) is 0 Å². The molecular formula is C22H14F4N4OS. The summed E-state index contributed by atoms with van der Waals surface area (Å²) in [4.78, 5) is 21.6. The number of nitrogen functional groups attached to an aromatic ring is 1. The average Bonchev–Trinajstić information content (AvgIpc) is 2.73. The van der Waals surface area contributed by atoms with E-state index in [2.05, 4.69) is 15.3 Å². The minimum absolute atomic E-state index is 0.158. The van der Waals surface area contributed by atoms with Gasteiger partial charge in [-0.15, -0.1) is 0 Å². The average molecular weight is 458 g/mol. The number of benzene rings is 3. The molecule has 0 aliphatic carbocycles. The van der Waals surface area contributed by atoms with Crippen LogP contribution in [0.2, 0.25) is 0 Å². The number of carbonyl (C=O) groups is 1. The van der Waals surface area contributed by atoms with Gasteiger partial charge in [0.15, 0.2) is 0 Å². The molecule has 0 spiro atoms. The summed E-state index contributed by atoms with van der Waals surface area (Å²) in [5.74, 6) is -1.67. The van der Waals surface area contributed by atoms with Crippen molar-refractivity contribution in [3.05, 3.63) is 83.9 Å². The number of hydrogen-bond donors (Lipinski definition) is 2. The Bertz CT molecular complexity index is 1330. The minimum Gasteiger partial charge on any atom is -0.384 e. The third kappa shape index (κ3) is 4.65. The number of hydrogen-bond acceptors (Lipinski definition) is 5. The Morgan fingerprint density at radius 3 is 2.56 bits per heavy atom. The van der Waals surface area contributed by atoms with E-state index in [0.29, 0.717) is 28.4 Å². The molecular weight excluding hydrogens is 444 g/mol. The zero-order valence-electron chi connectivity index (χ0n) is 16.2. The van der Waals surface area contributed by atoms with Gasteiger partial charge in [0.05, 0.1) is 5.56 Å². The highest BCUT2D eigenvalue weighted by Crippen LogP contribution is 2.34. The van der Waals surface area contributed by atoms with Crippen LogP contribution in [0.4, 0.5) is 29.1 Å². The van der Waals surface area contributed by atoms with Crippen molar-refractivity contribution in [3.8, 4) is 0 Å². The van der Waals surface area contributed by atoms with Gasteiger partial charge >= 0.3 is 6.18 Å². The van der Waals surface area contributed by atoms with Crippen LogP contribution in [-0.2, 0) is 6.18 Å². The Hall–Kier alpha value is -3.66. The molecule has 1 heterocycles. The standard InChI is InChI=1S/C22H14F4N4OS/c23-18-7-4-13(9-17(18)22(24,25)26)30-21(31)16-3-1-2-12-8-14(5-6-15(12)16)32-20-10-19(27)28-11-29-20/h1-11H,(H,30,31)(H2,27,28,29). The second-order valence-corrected chi connectivity index (χ2v) is 7.81. The molecule has 0 aliphatic heterocycles. The maximum Gasteiger partial charge on any atom is 0.419 e. The fourth-order valence-corrected chi connectivity index (χ4v) is 3.91. The molecule has 0 atom stereocenters. The molecule has 0 fully saturated rings. The number of nitrogens with zero attached hydrogens (tertiary/aromatic N) is 2. The van der Waals surface area contributed by atoms with Gasteiger partial charge in [0.25, 0.3) is 5.91 Å². The van der Waals surface area contributed by atoms with Crippen molar-refractivity contribution in [2.75, 3.05) is 11.1 Å². The van der Waals surface area contributed by atoms with Crippen LogP contribution in [0.1, 0.15) is 15.9 Å². The topological polar surface area (TPSA) is 80.9 Å². The second kappa shape index (κ2) is 8.46. The lowest BCUT2D eigenvalue weighted by Gasteiger charge is -2.12. The maximum atomic E-state index is 13.5. The van der Waals surface area contributed by atoms with Crippen LogP contribution in [0.15, 0.2) is 76.9 Å². The van der Waals surface area contributed by atoms with Crippen LogP contribution in [0, 0.1) is 5.82 Å². The van der Waals surface area contributed by atoms with Crippen molar-refractivity contribution in [2.45, 2.75) is 16.1 Å². The Kier molecular flexibility index (Phi) is 5.70. The molecule has 0 bridgehead atoms. The largest absolute Gasteiger partial charge is 0.419 e. The molecule has 1 aromatic heterocycles. The van der Waals surface area contributed by atoms with Crippen LogP contribution in [0.5, 0.6) is 0 Å². The van der Waals surface area contributed by atoms with Crippen molar-refractivity contribution in [3.63, 3.8) is 0 Å². The number of anilines is 2. The molecule has 0 unspecified atom stereocenters. The van der Waals surface area contributed by atoms with Gasteiger partial charge in [-0.1, -0.05) is 30.0 Å². The van der Waals surface area contributed by atoms with Gasteiger partial charge < -0.3 is 11.1 Å². The quantitative estimate of drug-likeness (QED) is 0.300. The van der Waals surface area contributed by atoms with Gasteiger partial charge in [0.1, 0.15) is 23.0 Å². The number of nitrogens with two attached hydrogens (primary N) is 1. The zero-order chi connectivity index (χ0) is 22.9. The molecule has 3 aromatic carbocycles. The Labute approximate surface area is 183 Å². The number of aromatic nitrogens is 2. The number of alkyl halides is 3. The number of carbonyl (C=O) groups excluding carboxylic acids is 1. The molecule has 1 amide bonds. The third-order valence-corrected chi connectivity index (χ3v) is 5.43. The summed E-state index contributed by atoms with van der Waals surface area (Å²) in [5.41, 5.74) is 4.33. The third-order valence-electron chi connectivity index (χ3n) is 4.51. The van der Waals surface area contributed by atoms with E-state index in [1.165, 1.54) is 18.1 Å². The van der Waals surface area contributed by atoms with E-state index in [1.807, 2.05) is 12.1 Å². The molecule has 0 radical (unpaired) electrons. The summed E-state index contributed by atoms with van der Waals surface area (Å²) in [7, 11) is 0. The van der Waals surface area contributed by atoms with E-state index in [0.717, 1.165) is 16.3 Å². The van der Waals surface area contributed by atoms with Gasteiger partial charge in [-0.2, -0.15) is 13.2 Å². The van der Waals surface area contributed by atoms with Gasteiger partial charge in [0, 0.05) is 22.2 Å². The molecule has 32 heavy (non-hydrogen) atoms. The van der Waals surface area contributed by atoms with Crippen molar-refractivity contribution in [1.29, 1.82) is 0 Å². The fraction of sp³-hybridized carbons (Fsp3) is 0.0455. The predicted molar refractivity (Wildman–Crippen MR) is 114 cm³/mol. The summed E-state index contributed by atoms with van der Waals surface area (Å²) >= 11 is 1.36. The summed E-state index contributed by atoms with van der Waals surface area (Å²) in [6.07, 6.45) is -3.51. The lowest BCUT2D eigenvalue weighted by Crippen LogP contribution is -2.14. The maximum absolute atomic E-state index is 13.5. The van der Waals surface area contributed by atoms with E-state index in [-0.39, 0.29) is 11.3 Å². The highest BCUT2D eigenvalue weighted by atomic mass is 32.2. The minimum atomic E-state index is -4.87. The van der Waals surface area contributed by atoms with Crippen LogP contribution in [0.25, 0.3) is 10.8 Å². The van der Waals surface area contributed by atoms with E-state index < -0.39 is 23.5 Å². The van der Waals surface area contributed by atoms with Gasteiger partial charge in [-0.3, -0.25) is 4.79 Å². The van der Waals surface area contributed by atoms with Crippen molar-refractivity contribution >= 4 is 39.9 Å². The highest BCUT2D eigenvalue weighted by Gasteiger charge is 2.34. The first kappa shape index (κ1) is 21.6. The number of amides is 1. The van der Waals surface area contributed by atoms with Gasteiger partial charge in [-0.25, -0.2) is 14.4 Å². The molecule has 0 saturated carbocycles. The molecule has 10 heteroatoms. The first-order valence-electron chi connectivity index (χ1n) is 9.17. The Balaban J connectivity index is 1.61. The van der Waals surface area contributed by atoms with Crippen LogP contribution < -0.4 is 11.1 Å². The number of fused-ring (bicyclic) bond motifs is 1. The highest BCUT2D eigenvalue weighted by molar-refractivity contribution is 7.99. The van der Waals surface area contributed by atoms with Crippen molar-refractivity contribution in [1.82, 2.24) is 9.97 Å². The monoisotopic (exact) mass is 458 g/mol. The summed E-state index contributed by atoms with van der Waals surface area (Å²) in [6, 6.07) is 14.4. The van der Waals surface area contributed by atoms with E-state index in [9.17, 15) is 22.4 Å². The Morgan fingerprint density at radius 1 is 1.00 bits per heavy atom. The molecule has 162 valence electrons. The van der Waals surface area contributed by atoms with Crippen LogP contribution in [0.3, 0.4) is 0 Å². The normalized spacial score (nSPS) is 11.5. The molecule has 5 nitrogen and oxygen atoms in total. The van der Waals surface area contributed by atoms with Gasteiger partial charge in [-0.05, 0) is 47.2 Å². The zero-order valence-corrected chi connectivity index (χ0v) is 17.0. The lowest BCUT2D eigenvalue weighted by atomic mass is 10.0. The number of rotatable bonds is 4. The SMILES string of the molecule is Nc1cc(Sc2ccc3c(C(=O)Nc4ccc(F)c(C(F)(F)F)c4)cccc3c2)ncn1. The van der Waals surface area contributed by atoms with E-state index >= 15 is 0 Å². The van der Waals surface area contributed by atoms with E-state index in [1.54, 1.807) is 30.3 Å². The van der Waals surface area contributed by atoms with Crippen LogP contribution >= 0.6 is 11.8 Å². The Morgan fingerprint density at radius 2 is 1.81 bits per heavy atom. The van der Waals surface area contributed by atoms with Crippen LogP contribution in [-0.4, -0.2) is 15.9 Å². The van der Waals surface area contributed by atoms with Crippen molar-refractivity contribution < 1.29 is 22.4 Å². The smallest absolute Gasteiger partial charge is 0.384 e. The fourth-order valence-electron chi connectivity index (χ4n) is 3.07. The predicted octanol–water partition coefficient (Wildman–Crippen LogP) is 5.77. The first-order chi connectivity index (χ1) is 15.2. The molecule has 4 rings (SSSR count). The first-order valence-corrected chi connectivity index (χ1v) is 9.98. The number of nitrogens with one attached hydrogen (secondary N) is 1. The second-order valence-electron chi connectivity index (χ2n) is 6.72. The lowest BCUT2D eigenvalue weighted by molar-refractivity contribution is -0.139. The molecule has 3 N–H and O–H groups in total. The summed E-state index contributed by atoms with van der Waals surface area (Å²) < 4.78 is 52.3. The summed E-state index contributed by atoms with van der Waals surface area (Å²) in [5, 5.41) is 4.42. The number of halogens is 4. The molecule has 0 aliphatic rings.